The monoisotopic (exact) mass is 392 g/mol. The van der Waals surface area contributed by atoms with Crippen LogP contribution in [0.25, 0.3) is 10.4 Å². The van der Waals surface area contributed by atoms with Gasteiger partial charge in [0, 0.05) is 28.5 Å². The van der Waals surface area contributed by atoms with E-state index < -0.39 is 0 Å². The summed E-state index contributed by atoms with van der Waals surface area (Å²) in [5, 5.41) is 0. The van der Waals surface area contributed by atoms with E-state index in [0.29, 0.717) is 0 Å². The highest BCUT2D eigenvalue weighted by atomic mass is 79.9. The van der Waals surface area contributed by atoms with Crippen LogP contribution >= 0.6 is 27.3 Å². The number of nitrogens with zero attached hydrogens (tertiary/aromatic N) is 1. The Balaban J connectivity index is 1.77. The zero-order valence-electron chi connectivity index (χ0n) is 13.4. The van der Waals surface area contributed by atoms with Crippen molar-refractivity contribution in [3.05, 3.63) is 45.7 Å². The smallest absolute Gasteiger partial charge is 0.263 e. The lowest BCUT2D eigenvalue weighted by Gasteiger charge is -2.42. The fourth-order valence-corrected chi connectivity index (χ4v) is 4.17. The summed E-state index contributed by atoms with van der Waals surface area (Å²) in [5.74, 6) is 0.123. The van der Waals surface area contributed by atoms with Crippen LogP contribution in [0.5, 0.6) is 0 Å². The van der Waals surface area contributed by atoms with Gasteiger partial charge >= 0.3 is 0 Å². The number of piperidine rings is 1. The number of likely N-dealkylation sites (tertiary alicyclic amines) is 1. The molecule has 1 aliphatic rings. The first-order valence-corrected chi connectivity index (χ1v) is 9.38. The number of hydrogen-bond donors (Lipinski definition) is 1. The van der Waals surface area contributed by atoms with Crippen molar-refractivity contribution in [3.8, 4) is 10.4 Å². The molecule has 3 nitrogen and oxygen atoms in total. The molecule has 5 heteroatoms. The van der Waals surface area contributed by atoms with E-state index in [1.54, 1.807) is 11.3 Å². The molecule has 1 aromatic heterocycles. The number of halogens is 1. The second kappa shape index (κ2) is 6.38. The zero-order chi connectivity index (χ0) is 16.6. The van der Waals surface area contributed by atoms with Gasteiger partial charge in [-0.2, -0.15) is 0 Å². The lowest BCUT2D eigenvalue weighted by atomic mass is 9.79. The highest BCUT2D eigenvalue weighted by Crippen LogP contribution is 2.32. The van der Waals surface area contributed by atoms with E-state index in [0.717, 1.165) is 39.3 Å². The molecule has 0 aliphatic carbocycles. The maximum absolute atomic E-state index is 12.8. The highest BCUT2D eigenvalue weighted by molar-refractivity contribution is 9.10. The van der Waals surface area contributed by atoms with Crippen molar-refractivity contribution in [3.63, 3.8) is 0 Å². The number of carbonyl (C=O) groups is 1. The summed E-state index contributed by atoms with van der Waals surface area (Å²) in [5.41, 5.74) is 7.28. The molecule has 2 aromatic rings. The third-order valence-electron chi connectivity index (χ3n) is 4.54. The van der Waals surface area contributed by atoms with E-state index in [-0.39, 0.29) is 17.4 Å². The van der Waals surface area contributed by atoms with Crippen LogP contribution in [0.15, 0.2) is 40.9 Å². The van der Waals surface area contributed by atoms with Gasteiger partial charge in [-0.15, -0.1) is 11.3 Å². The van der Waals surface area contributed by atoms with Crippen LogP contribution in [-0.2, 0) is 0 Å². The van der Waals surface area contributed by atoms with E-state index in [9.17, 15) is 4.79 Å². The topological polar surface area (TPSA) is 46.3 Å². The van der Waals surface area contributed by atoms with Gasteiger partial charge in [0.25, 0.3) is 5.91 Å². The number of benzene rings is 1. The van der Waals surface area contributed by atoms with Crippen LogP contribution in [0.3, 0.4) is 0 Å². The normalized spacial score (nSPS) is 20.5. The Morgan fingerprint density at radius 1 is 1.26 bits per heavy atom. The van der Waals surface area contributed by atoms with Gasteiger partial charge in [0.15, 0.2) is 0 Å². The van der Waals surface area contributed by atoms with E-state index in [1.165, 1.54) is 0 Å². The maximum Gasteiger partial charge on any atom is 0.263 e. The first kappa shape index (κ1) is 16.7. The number of hydrogen-bond acceptors (Lipinski definition) is 3. The fraction of sp³-hybridized carbons (Fsp3) is 0.389. The summed E-state index contributed by atoms with van der Waals surface area (Å²) in [6.07, 6.45) is 0.865. The van der Waals surface area contributed by atoms with Crippen LogP contribution in [0.1, 0.15) is 29.9 Å². The van der Waals surface area contributed by atoms with Crippen LogP contribution in [-0.4, -0.2) is 29.9 Å². The molecule has 1 unspecified atom stereocenters. The molecular weight excluding hydrogens is 372 g/mol. The van der Waals surface area contributed by atoms with Crippen molar-refractivity contribution in [1.82, 2.24) is 4.90 Å². The van der Waals surface area contributed by atoms with Crippen molar-refractivity contribution < 1.29 is 4.79 Å². The van der Waals surface area contributed by atoms with Crippen LogP contribution in [0.2, 0.25) is 0 Å². The Morgan fingerprint density at radius 2 is 1.96 bits per heavy atom. The lowest BCUT2D eigenvalue weighted by Crippen LogP contribution is -2.53. The van der Waals surface area contributed by atoms with Gasteiger partial charge in [0.2, 0.25) is 0 Å². The van der Waals surface area contributed by atoms with Gasteiger partial charge in [-0.05, 0) is 41.7 Å². The minimum atomic E-state index is -0.0281. The molecular formula is C18H21BrN2OS. The summed E-state index contributed by atoms with van der Waals surface area (Å²) >= 11 is 5.00. The zero-order valence-corrected chi connectivity index (χ0v) is 15.8. The van der Waals surface area contributed by atoms with Crippen molar-refractivity contribution in [1.29, 1.82) is 0 Å². The van der Waals surface area contributed by atoms with Gasteiger partial charge in [-0.1, -0.05) is 41.9 Å². The fourth-order valence-electron chi connectivity index (χ4n) is 2.93. The van der Waals surface area contributed by atoms with Gasteiger partial charge in [0.05, 0.1) is 4.88 Å². The van der Waals surface area contributed by atoms with Crippen LogP contribution in [0, 0.1) is 5.41 Å². The second-order valence-corrected chi connectivity index (χ2v) is 8.78. The Morgan fingerprint density at radius 3 is 2.61 bits per heavy atom. The number of thiophene rings is 1. The van der Waals surface area contributed by atoms with Crippen LogP contribution < -0.4 is 5.73 Å². The molecule has 1 saturated heterocycles. The minimum Gasteiger partial charge on any atom is -0.337 e. The molecule has 2 heterocycles. The summed E-state index contributed by atoms with van der Waals surface area (Å²) in [6.45, 7) is 5.74. The molecule has 1 atom stereocenters. The largest absolute Gasteiger partial charge is 0.337 e. The van der Waals surface area contributed by atoms with E-state index in [2.05, 4.69) is 41.9 Å². The average molecular weight is 393 g/mol. The molecule has 3 rings (SSSR count). The molecule has 0 saturated carbocycles. The number of nitrogens with two attached hydrogens (primary N) is 1. The Labute approximate surface area is 149 Å². The summed E-state index contributed by atoms with van der Waals surface area (Å²) in [7, 11) is 0. The minimum absolute atomic E-state index is 0.0281. The number of carbonyl (C=O) groups excluding carboxylic acids is 1. The Hall–Kier alpha value is -1.17. The number of rotatable bonds is 2. The van der Waals surface area contributed by atoms with Crippen LogP contribution in [0.4, 0.5) is 0 Å². The molecule has 1 aromatic carbocycles. The molecule has 0 radical (unpaired) electrons. The van der Waals surface area contributed by atoms with Crippen molar-refractivity contribution in [2.24, 2.45) is 11.1 Å². The average Bonchev–Trinajstić information content (AvgIpc) is 3.00. The van der Waals surface area contributed by atoms with E-state index >= 15 is 0 Å². The molecule has 0 bridgehead atoms. The van der Waals surface area contributed by atoms with Gasteiger partial charge in [-0.25, -0.2) is 0 Å². The predicted octanol–water partition coefficient (Wildman–Crippen LogP) is 4.38. The molecule has 1 aliphatic heterocycles. The predicted molar refractivity (Wildman–Crippen MR) is 99.7 cm³/mol. The summed E-state index contributed by atoms with van der Waals surface area (Å²) < 4.78 is 1.06. The van der Waals surface area contributed by atoms with Crippen molar-refractivity contribution in [2.75, 3.05) is 13.1 Å². The lowest BCUT2D eigenvalue weighted by molar-refractivity contribution is 0.0537. The molecule has 1 amide bonds. The highest BCUT2D eigenvalue weighted by Gasteiger charge is 2.35. The molecule has 23 heavy (non-hydrogen) atoms. The van der Waals surface area contributed by atoms with E-state index in [4.69, 9.17) is 5.73 Å². The SMILES string of the molecule is CC1(C)CN(C(=O)c2ccc(-c3ccc(Br)cc3)s2)CCC1N. The first-order chi connectivity index (χ1) is 10.9. The maximum atomic E-state index is 12.8. The second-order valence-electron chi connectivity index (χ2n) is 6.78. The summed E-state index contributed by atoms with van der Waals surface area (Å²) in [4.78, 5) is 16.6. The molecule has 122 valence electrons. The van der Waals surface area contributed by atoms with Gasteiger partial charge < -0.3 is 10.6 Å². The third-order valence-corrected chi connectivity index (χ3v) is 6.20. The number of amides is 1. The molecule has 0 spiro atoms. The van der Waals surface area contributed by atoms with Gasteiger partial charge in [0.1, 0.15) is 0 Å². The molecule has 2 N–H and O–H groups in total. The quantitative estimate of drug-likeness (QED) is 0.823. The summed E-state index contributed by atoms with van der Waals surface area (Å²) in [6, 6.07) is 12.3. The van der Waals surface area contributed by atoms with E-state index in [1.807, 2.05) is 29.2 Å². The Kier molecular flexibility index (Phi) is 4.63. The standard InChI is InChI=1S/C18H21BrN2OS/c1-18(2)11-21(10-9-16(18)20)17(22)15-8-7-14(23-15)12-3-5-13(19)6-4-12/h3-8,16H,9-11,20H2,1-2H3. The van der Waals surface area contributed by atoms with Crippen molar-refractivity contribution in [2.45, 2.75) is 26.3 Å². The Bertz CT molecular complexity index is 708. The molecule has 1 fully saturated rings. The van der Waals surface area contributed by atoms with Crippen molar-refractivity contribution >= 4 is 33.2 Å². The van der Waals surface area contributed by atoms with Gasteiger partial charge in [-0.3, -0.25) is 4.79 Å². The first-order valence-electron chi connectivity index (χ1n) is 7.77. The third kappa shape index (κ3) is 3.52.